The van der Waals surface area contributed by atoms with Crippen molar-refractivity contribution in [2.45, 2.75) is 26.2 Å². The van der Waals surface area contributed by atoms with Crippen LogP contribution in [0.5, 0.6) is 0 Å². The van der Waals surface area contributed by atoms with Crippen LogP contribution in [0.2, 0.25) is 0 Å². The Balaban J connectivity index is 1.60. The number of carbonyl (C=O) groups is 1. The lowest BCUT2D eigenvalue weighted by molar-refractivity contribution is 0.262. The lowest BCUT2D eigenvalue weighted by Gasteiger charge is -2.06. The summed E-state index contributed by atoms with van der Waals surface area (Å²) >= 11 is 3.37. The number of nitrogens with zero attached hydrogens (tertiary/aromatic N) is 2. The Hall–Kier alpha value is -1.89. The van der Waals surface area contributed by atoms with Crippen molar-refractivity contribution in [1.29, 1.82) is 0 Å². The standard InChI is InChI=1S/C14H16BrN5O/c1-7-5-9(7)11-6-13(20-19-11)18-14(21)17-12-4-3-10(15)8(2)16-12/h3-4,6-7,9H,5H2,1-2H3,(H3,16,17,18,19,20,21). The van der Waals surface area contributed by atoms with Crippen LogP contribution in [-0.2, 0) is 0 Å². The molecule has 6 nitrogen and oxygen atoms in total. The van der Waals surface area contributed by atoms with Crippen LogP contribution in [0.4, 0.5) is 16.4 Å². The fraction of sp³-hybridized carbons (Fsp3) is 0.357. The number of pyridine rings is 1. The molecule has 7 heteroatoms. The molecule has 1 fully saturated rings. The van der Waals surface area contributed by atoms with Crippen molar-refractivity contribution in [2.75, 3.05) is 10.6 Å². The summed E-state index contributed by atoms with van der Waals surface area (Å²) in [5.74, 6) is 2.27. The number of urea groups is 1. The Kier molecular flexibility index (Phi) is 3.67. The van der Waals surface area contributed by atoms with Gasteiger partial charge >= 0.3 is 6.03 Å². The van der Waals surface area contributed by atoms with Gasteiger partial charge in [0.25, 0.3) is 0 Å². The molecule has 1 saturated carbocycles. The summed E-state index contributed by atoms with van der Waals surface area (Å²) in [6.45, 7) is 4.07. The average Bonchev–Trinajstić information content (AvgIpc) is 2.97. The van der Waals surface area contributed by atoms with Gasteiger partial charge in [-0.3, -0.25) is 15.7 Å². The maximum absolute atomic E-state index is 11.9. The van der Waals surface area contributed by atoms with Gasteiger partial charge in [-0.2, -0.15) is 5.10 Å². The molecule has 0 spiro atoms. The average molecular weight is 350 g/mol. The second kappa shape index (κ2) is 5.48. The SMILES string of the molecule is Cc1nc(NC(=O)Nc2cc(C3CC3C)[nH]n2)ccc1Br. The maximum Gasteiger partial charge on any atom is 0.326 e. The highest BCUT2D eigenvalue weighted by Crippen LogP contribution is 2.46. The number of amides is 2. The number of aromatic nitrogens is 3. The smallest absolute Gasteiger partial charge is 0.292 e. The van der Waals surface area contributed by atoms with Gasteiger partial charge in [0.2, 0.25) is 0 Å². The Morgan fingerprint density at radius 2 is 2.10 bits per heavy atom. The number of aryl methyl sites for hydroxylation is 1. The summed E-state index contributed by atoms with van der Waals surface area (Å²) in [5, 5.41) is 12.5. The molecule has 0 bridgehead atoms. The Morgan fingerprint density at radius 3 is 2.76 bits per heavy atom. The van der Waals surface area contributed by atoms with E-state index >= 15 is 0 Å². The summed E-state index contributed by atoms with van der Waals surface area (Å²) in [6.07, 6.45) is 1.18. The quantitative estimate of drug-likeness (QED) is 0.790. The van der Waals surface area contributed by atoms with E-state index in [9.17, 15) is 4.79 Å². The second-order valence-electron chi connectivity index (χ2n) is 5.37. The van der Waals surface area contributed by atoms with Crippen LogP contribution in [0, 0.1) is 12.8 Å². The van der Waals surface area contributed by atoms with Crippen LogP contribution in [0.3, 0.4) is 0 Å². The van der Waals surface area contributed by atoms with E-state index in [1.165, 1.54) is 6.42 Å². The minimum atomic E-state index is -0.355. The zero-order valence-electron chi connectivity index (χ0n) is 11.8. The number of hydrogen-bond acceptors (Lipinski definition) is 3. The van der Waals surface area contributed by atoms with Gasteiger partial charge in [-0.15, -0.1) is 0 Å². The first-order valence-electron chi connectivity index (χ1n) is 6.79. The molecule has 1 aliphatic rings. The number of rotatable bonds is 3. The van der Waals surface area contributed by atoms with Crippen LogP contribution in [0.15, 0.2) is 22.7 Å². The highest BCUT2D eigenvalue weighted by atomic mass is 79.9. The molecule has 2 atom stereocenters. The normalized spacial score (nSPS) is 20.1. The lowest BCUT2D eigenvalue weighted by Crippen LogP contribution is -2.20. The molecule has 0 aromatic carbocycles. The summed E-state index contributed by atoms with van der Waals surface area (Å²) in [6, 6.07) is 5.11. The first-order valence-corrected chi connectivity index (χ1v) is 7.58. The number of aromatic amines is 1. The van der Waals surface area contributed by atoms with Gasteiger partial charge in [-0.25, -0.2) is 9.78 Å². The van der Waals surface area contributed by atoms with E-state index in [4.69, 9.17) is 0 Å². The number of halogens is 1. The van der Waals surface area contributed by atoms with Crippen molar-refractivity contribution < 1.29 is 4.79 Å². The van der Waals surface area contributed by atoms with Crippen molar-refractivity contribution in [3.8, 4) is 0 Å². The number of anilines is 2. The molecule has 2 unspecified atom stereocenters. The molecule has 0 aliphatic heterocycles. The summed E-state index contributed by atoms with van der Waals surface area (Å²) in [5.41, 5.74) is 1.90. The van der Waals surface area contributed by atoms with Crippen molar-refractivity contribution in [3.05, 3.63) is 34.1 Å². The van der Waals surface area contributed by atoms with Gasteiger partial charge in [0.05, 0.1) is 5.69 Å². The van der Waals surface area contributed by atoms with Crippen LogP contribution in [-0.4, -0.2) is 21.2 Å². The third kappa shape index (κ3) is 3.24. The number of hydrogen-bond donors (Lipinski definition) is 3. The minimum absolute atomic E-state index is 0.355. The monoisotopic (exact) mass is 349 g/mol. The second-order valence-corrected chi connectivity index (χ2v) is 6.23. The maximum atomic E-state index is 11.9. The zero-order valence-corrected chi connectivity index (χ0v) is 13.4. The van der Waals surface area contributed by atoms with Gasteiger partial charge in [0, 0.05) is 22.2 Å². The highest BCUT2D eigenvalue weighted by Gasteiger charge is 2.35. The van der Waals surface area contributed by atoms with Crippen molar-refractivity contribution >= 4 is 33.6 Å². The Labute approximate surface area is 130 Å². The van der Waals surface area contributed by atoms with Crippen LogP contribution >= 0.6 is 15.9 Å². The molecule has 2 aromatic heterocycles. The van der Waals surface area contributed by atoms with Crippen molar-refractivity contribution in [3.63, 3.8) is 0 Å². The Morgan fingerprint density at radius 1 is 1.38 bits per heavy atom. The van der Waals surface area contributed by atoms with E-state index in [1.54, 1.807) is 6.07 Å². The van der Waals surface area contributed by atoms with E-state index in [0.717, 1.165) is 15.9 Å². The molecule has 2 heterocycles. The van der Waals surface area contributed by atoms with Crippen LogP contribution in [0.25, 0.3) is 0 Å². The third-order valence-corrected chi connectivity index (χ3v) is 4.45. The van der Waals surface area contributed by atoms with Gasteiger partial charge in [0.15, 0.2) is 5.82 Å². The largest absolute Gasteiger partial charge is 0.326 e. The van der Waals surface area contributed by atoms with Gasteiger partial charge < -0.3 is 0 Å². The van der Waals surface area contributed by atoms with Gasteiger partial charge in [0.1, 0.15) is 5.82 Å². The van der Waals surface area contributed by atoms with E-state index in [-0.39, 0.29) is 6.03 Å². The molecular weight excluding hydrogens is 334 g/mol. The van der Waals surface area contributed by atoms with Gasteiger partial charge in [-0.05, 0) is 47.3 Å². The van der Waals surface area contributed by atoms with E-state index < -0.39 is 0 Å². The molecular formula is C14H16BrN5O. The first-order chi connectivity index (χ1) is 10.0. The summed E-state index contributed by atoms with van der Waals surface area (Å²) in [7, 11) is 0. The molecule has 1 aliphatic carbocycles. The molecule has 110 valence electrons. The lowest BCUT2D eigenvalue weighted by atomic mass is 10.2. The third-order valence-electron chi connectivity index (χ3n) is 3.61. The highest BCUT2D eigenvalue weighted by molar-refractivity contribution is 9.10. The van der Waals surface area contributed by atoms with Crippen LogP contribution < -0.4 is 10.6 Å². The molecule has 0 radical (unpaired) electrons. The Bertz CT molecular complexity index is 684. The number of nitrogens with one attached hydrogen (secondary N) is 3. The van der Waals surface area contributed by atoms with Crippen molar-refractivity contribution in [1.82, 2.24) is 15.2 Å². The molecule has 3 N–H and O–H groups in total. The summed E-state index contributed by atoms with van der Waals surface area (Å²) in [4.78, 5) is 16.2. The molecule has 21 heavy (non-hydrogen) atoms. The fourth-order valence-corrected chi connectivity index (χ4v) is 2.44. The van der Waals surface area contributed by atoms with E-state index in [0.29, 0.717) is 23.5 Å². The predicted octanol–water partition coefficient (Wildman–Crippen LogP) is 3.64. The number of carbonyl (C=O) groups excluding carboxylic acids is 1. The zero-order chi connectivity index (χ0) is 15.0. The molecule has 3 rings (SSSR count). The molecule has 0 saturated heterocycles. The summed E-state index contributed by atoms with van der Waals surface area (Å²) < 4.78 is 0.906. The predicted molar refractivity (Wildman–Crippen MR) is 84.4 cm³/mol. The van der Waals surface area contributed by atoms with Crippen molar-refractivity contribution in [2.24, 2.45) is 5.92 Å². The van der Waals surface area contributed by atoms with Crippen LogP contribution in [0.1, 0.15) is 30.7 Å². The van der Waals surface area contributed by atoms with E-state index in [1.807, 2.05) is 19.1 Å². The molecule has 2 aromatic rings. The first kappa shape index (κ1) is 14.1. The molecule has 2 amide bonds. The topological polar surface area (TPSA) is 82.7 Å². The number of H-pyrrole nitrogens is 1. The van der Waals surface area contributed by atoms with E-state index in [2.05, 4.69) is 48.7 Å². The van der Waals surface area contributed by atoms with Gasteiger partial charge in [-0.1, -0.05) is 6.92 Å². The fourth-order valence-electron chi connectivity index (χ4n) is 2.22. The minimum Gasteiger partial charge on any atom is -0.292 e.